The number of rotatable bonds is 3. The number of benzene rings is 3. The Hall–Kier alpha value is -2.11. The summed E-state index contributed by atoms with van der Waals surface area (Å²) < 4.78 is 9.57. The molecule has 1 aromatic heterocycles. The maximum atomic E-state index is 6.01. The third-order valence-electron chi connectivity index (χ3n) is 3.57. The van der Waals surface area contributed by atoms with Crippen molar-refractivity contribution in [3.63, 3.8) is 0 Å². The van der Waals surface area contributed by atoms with Crippen LogP contribution in [0, 0.1) is 6.07 Å². The molecule has 0 saturated carbocycles. The Balaban J connectivity index is 1.71. The first-order valence-corrected chi connectivity index (χ1v) is 8.87. The Kier molecular flexibility index (Phi) is 4.12. The van der Waals surface area contributed by atoms with E-state index in [9.17, 15) is 0 Å². The minimum absolute atomic E-state index is 0.726. The maximum absolute atomic E-state index is 6.01. The molecule has 0 amide bonds. The van der Waals surface area contributed by atoms with Crippen molar-refractivity contribution in [2.24, 2.45) is 0 Å². The molecule has 1 radical (unpaired) electrons. The Labute approximate surface area is 156 Å². The van der Waals surface area contributed by atoms with Gasteiger partial charge in [-0.2, -0.15) is 5.10 Å². The third-order valence-corrected chi connectivity index (χ3v) is 4.75. The highest BCUT2D eigenvalue weighted by Crippen LogP contribution is 2.37. The molecule has 0 aliphatic carbocycles. The van der Waals surface area contributed by atoms with Crippen LogP contribution in [0.2, 0.25) is 0 Å². The van der Waals surface area contributed by atoms with Crippen LogP contribution >= 0.6 is 31.9 Å². The maximum Gasteiger partial charge on any atom is 0.155 e. The highest BCUT2D eigenvalue weighted by Gasteiger charge is 2.09. The number of ether oxygens (including phenoxy) is 1. The van der Waals surface area contributed by atoms with Gasteiger partial charge in [0.25, 0.3) is 0 Å². The minimum atomic E-state index is 0.726. The summed E-state index contributed by atoms with van der Waals surface area (Å²) in [6.45, 7) is 0. The zero-order chi connectivity index (χ0) is 16.5. The normalized spacial score (nSPS) is 10.9. The Morgan fingerprint density at radius 2 is 1.71 bits per heavy atom. The first kappa shape index (κ1) is 15.4. The molecule has 4 aromatic rings. The third kappa shape index (κ3) is 2.97. The van der Waals surface area contributed by atoms with Crippen LogP contribution in [-0.4, -0.2) is 9.78 Å². The number of halogens is 2. The van der Waals surface area contributed by atoms with E-state index < -0.39 is 0 Å². The van der Waals surface area contributed by atoms with E-state index in [2.05, 4.69) is 43.0 Å². The first-order valence-electron chi connectivity index (χ1n) is 7.28. The fourth-order valence-electron chi connectivity index (χ4n) is 2.43. The number of hydrogen-bond acceptors (Lipinski definition) is 2. The first-order chi connectivity index (χ1) is 11.7. The molecule has 0 fully saturated rings. The lowest BCUT2D eigenvalue weighted by atomic mass is 10.2. The molecule has 0 atom stereocenters. The van der Waals surface area contributed by atoms with Crippen molar-refractivity contribution in [1.29, 1.82) is 0 Å². The molecule has 1 heterocycles. The predicted octanol–water partition coefficient (Wildman–Crippen LogP) is 6.14. The second kappa shape index (κ2) is 6.42. The van der Waals surface area contributed by atoms with Gasteiger partial charge in [0.15, 0.2) is 5.75 Å². The van der Waals surface area contributed by atoms with E-state index in [1.807, 2.05) is 71.5 Å². The van der Waals surface area contributed by atoms with Crippen LogP contribution in [0.25, 0.3) is 16.6 Å². The second-order valence-electron chi connectivity index (χ2n) is 5.21. The fraction of sp³-hybridized carbons (Fsp3) is 0. The molecule has 0 N–H and O–H groups in total. The lowest BCUT2D eigenvalue weighted by Crippen LogP contribution is -1.92. The van der Waals surface area contributed by atoms with Crippen LogP contribution < -0.4 is 4.74 Å². The standard InChI is InChI=1S/C19H11Br2N2O/c20-16-7-4-8-17(21)19(16)24-15-9-10-18-13(11-15)12-23(22-18)14-5-2-1-3-6-14/h1-3,5-12H. The molecule has 0 aliphatic heterocycles. The molecule has 0 aliphatic rings. The molecule has 3 aromatic carbocycles. The van der Waals surface area contributed by atoms with Gasteiger partial charge in [-0.05, 0) is 80.4 Å². The molecule has 117 valence electrons. The Morgan fingerprint density at radius 1 is 0.958 bits per heavy atom. The number of nitrogens with zero attached hydrogens (tertiary/aromatic N) is 2. The largest absolute Gasteiger partial charge is 0.455 e. The summed E-state index contributed by atoms with van der Waals surface area (Å²) in [6.07, 6.45) is 2.00. The lowest BCUT2D eigenvalue weighted by molar-refractivity contribution is 0.477. The fourth-order valence-corrected chi connectivity index (χ4v) is 3.55. The van der Waals surface area contributed by atoms with E-state index in [1.54, 1.807) is 0 Å². The summed E-state index contributed by atoms with van der Waals surface area (Å²) in [7, 11) is 0. The monoisotopic (exact) mass is 441 g/mol. The summed E-state index contributed by atoms with van der Waals surface area (Å²) >= 11 is 6.97. The highest BCUT2D eigenvalue weighted by molar-refractivity contribution is 9.11. The van der Waals surface area contributed by atoms with Crippen LogP contribution in [0.3, 0.4) is 0 Å². The van der Waals surface area contributed by atoms with Crippen LogP contribution in [0.15, 0.2) is 75.8 Å². The van der Waals surface area contributed by atoms with Crippen LogP contribution in [0.5, 0.6) is 11.5 Å². The van der Waals surface area contributed by atoms with Gasteiger partial charge in [-0.1, -0.05) is 18.2 Å². The molecule has 0 bridgehead atoms. The van der Waals surface area contributed by atoms with Crippen molar-refractivity contribution in [3.05, 3.63) is 81.9 Å². The summed E-state index contributed by atoms with van der Waals surface area (Å²) in [6, 6.07) is 22.6. The quantitative estimate of drug-likeness (QED) is 0.380. The van der Waals surface area contributed by atoms with Gasteiger partial charge in [0.05, 0.1) is 20.1 Å². The number of para-hydroxylation sites is 1. The molecule has 5 heteroatoms. The van der Waals surface area contributed by atoms with Gasteiger partial charge in [-0.3, -0.25) is 0 Å². The zero-order valence-corrected chi connectivity index (χ0v) is 15.6. The molecule has 4 rings (SSSR count). The molecule has 0 saturated heterocycles. The number of aromatic nitrogens is 2. The van der Waals surface area contributed by atoms with E-state index in [0.29, 0.717) is 0 Å². The van der Waals surface area contributed by atoms with Gasteiger partial charge in [-0.25, -0.2) is 4.68 Å². The van der Waals surface area contributed by atoms with Crippen molar-refractivity contribution in [2.75, 3.05) is 0 Å². The van der Waals surface area contributed by atoms with Gasteiger partial charge < -0.3 is 4.74 Å². The van der Waals surface area contributed by atoms with Crippen LogP contribution in [-0.2, 0) is 0 Å². The van der Waals surface area contributed by atoms with E-state index in [1.165, 1.54) is 0 Å². The van der Waals surface area contributed by atoms with Crippen LogP contribution in [0.1, 0.15) is 0 Å². The zero-order valence-electron chi connectivity index (χ0n) is 12.4. The van der Waals surface area contributed by atoms with Crippen molar-refractivity contribution >= 4 is 42.8 Å². The average molecular weight is 443 g/mol. The van der Waals surface area contributed by atoms with Crippen LogP contribution in [0.4, 0.5) is 0 Å². The average Bonchev–Trinajstić information content (AvgIpc) is 3.02. The molecule has 24 heavy (non-hydrogen) atoms. The van der Waals surface area contributed by atoms with E-state index >= 15 is 0 Å². The van der Waals surface area contributed by atoms with E-state index in [0.717, 1.165) is 37.0 Å². The van der Waals surface area contributed by atoms with Gasteiger partial charge in [-0.15, -0.1) is 0 Å². The summed E-state index contributed by atoms with van der Waals surface area (Å²) in [5.41, 5.74) is 1.95. The van der Waals surface area contributed by atoms with E-state index in [4.69, 9.17) is 4.74 Å². The smallest absolute Gasteiger partial charge is 0.155 e. The van der Waals surface area contributed by atoms with Crippen molar-refractivity contribution in [3.8, 4) is 17.2 Å². The predicted molar refractivity (Wildman–Crippen MR) is 102 cm³/mol. The topological polar surface area (TPSA) is 27.1 Å². The molecular formula is C19H11Br2N2O. The molecular weight excluding hydrogens is 432 g/mol. The van der Waals surface area contributed by atoms with Crippen molar-refractivity contribution in [2.45, 2.75) is 0 Å². The summed E-state index contributed by atoms with van der Waals surface area (Å²) in [4.78, 5) is 0. The highest BCUT2D eigenvalue weighted by atomic mass is 79.9. The Bertz CT molecular complexity index is 992. The summed E-state index contributed by atoms with van der Waals surface area (Å²) in [5, 5.41) is 5.62. The van der Waals surface area contributed by atoms with E-state index in [-0.39, 0.29) is 0 Å². The lowest BCUT2D eigenvalue weighted by Gasteiger charge is -2.09. The minimum Gasteiger partial charge on any atom is -0.455 e. The van der Waals surface area contributed by atoms with Gasteiger partial charge in [0.2, 0.25) is 0 Å². The summed E-state index contributed by atoms with van der Waals surface area (Å²) in [5.74, 6) is 1.48. The van der Waals surface area contributed by atoms with Gasteiger partial charge in [0, 0.05) is 11.6 Å². The Morgan fingerprint density at radius 3 is 2.46 bits per heavy atom. The number of fused-ring (bicyclic) bond motifs is 1. The molecule has 0 unspecified atom stereocenters. The second-order valence-corrected chi connectivity index (χ2v) is 6.92. The number of hydrogen-bond donors (Lipinski definition) is 0. The van der Waals surface area contributed by atoms with Crippen molar-refractivity contribution in [1.82, 2.24) is 9.78 Å². The van der Waals surface area contributed by atoms with Crippen molar-refractivity contribution < 1.29 is 4.74 Å². The van der Waals surface area contributed by atoms with Gasteiger partial charge in [0.1, 0.15) is 5.75 Å². The molecule has 0 spiro atoms. The molecule has 3 nitrogen and oxygen atoms in total. The van der Waals surface area contributed by atoms with Gasteiger partial charge >= 0.3 is 0 Å². The SMILES string of the molecule is Brc1c[c]cc(Br)c1Oc1ccc2nn(-c3ccccc3)cc2c1.